The molecule has 0 bridgehead atoms. The fraction of sp³-hybridized carbons (Fsp3) is 0.900. The number of amides is 1. The van der Waals surface area contributed by atoms with E-state index in [-0.39, 0.29) is 18.4 Å². The monoisotopic (exact) mass is 238 g/mol. The highest BCUT2D eigenvalue weighted by Crippen LogP contribution is 2.19. The first-order valence-corrected chi connectivity index (χ1v) is 5.50. The van der Waals surface area contributed by atoms with Crippen LogP contribution < -0.4 is 5.32 Å². The maximum absolute atomic E-state index is 12.3. The van der Waals surface area contributed by atoms with Gasteiger partial charge < -0.3 is 10.2 Å². The van der Waals surface area contributed by atoms with Crippen molar-refractivity contribution in [3.05, 3.63) is 0 Å². The van der Waals surface area contributed by atoms with Crippen molar-refractivity contribution in [2.75, 3.05) is 26.2 Å². The molecule has 1 aliphatic heterocycles. The second-order valence-electron chi connectivity index (χ2n) is 4.08. The van der Waals surface area contributed by atoms with Gasteiger partial charge in [-0.3, -0.25) is 4.79 Å². The third-order valence-corrected chi connectivity index (χ3v) is 2.59. The summed E-state index contributed by atoms with van der Waals surface area (Å²) in [6.07, 6.45) is -2.91. The maximum atomic E-state index is 12.3. The van der Waals surface area contributed by atoms with Crippen molar-refractivity contribution in [1.29, 1.82) is 0 Å². The van der Waals surface area contributed by atoms with Crippen LogP contribution in [0.5, 0.6) is 0 Å². The summed E-state index contributed by atoms with van der Waals surface area (Å²) in [5.41, 5.74) is 0. The molecule has 0 saturated carbocycles. The molecule has 0 aliphatic carbocycles. The molecule has 1 aliphatic rings. The zero-order valence-electron chi connectivity index (χ0n) is 9.31. The number of nitrogens with one attached hydrogen (secondary N) is 1. The molecule has 3 nitrogen and oxygen atoms in total. The molecule has 0 aromatic rings. The van der Waals surface area contributed by atoms with E-state index in [1.807, 2.05) is 6.92 Å². The highest BCUT2D eigenvalue weighted by Gasteiger charge is 2.36. The molecule has 0 spiro atoms. The fourth-order valence-electron chi connectivity index (χ4n) is 1.55. The van der Waals surface area contributed by atoms with Crippen LogP contribution in [0.1, 0.15) is 19.8 Å². The Morgan fingerprint density at radius 1 is 1.44 bits per heavy atom. The van der Waals surface area contributed by atoms with Crippen LogP contribution in [0.25, 0.3) is 0 Å². The van der Waals surface area contributed by atoms with E-state index in [1.54, 1.807) is 0 Å². The molecule has 1 saturated heterocycles. The van der Waals surface area contributed by atoms with Gasteiger partial charge >= 0.3 is 6.18 Å². The largest absolute Gasteiger partial charge is 0.406 e. The molecular weight excluding hydrogens is 221 g/mol. The summed E-state index contributed by atoms with van der Waals surface area (Å²) in [6, 6.07) is 0. The van der Waals surface area contributed by atoms with Crippen molar-refractivity contribution < 1.29 is 18.0 Å². The molecule has 1 fully saturated rings. The molecule has 94 valence electrons. The van der Waals surface area contributed by atoms with Crippen LogP contribution >= 0.6 is 0 Å². The molecule has 0 radical (unpaired) electrons. The Bertz CT molecular complexity index is 239. The molecule has 0 unspecified atom stereocenters. The van der Waals surface area contributed by atoms with Crippen LogP contribution in [-0.2, 0) is 4.79 Å². The second kappa shape index (κ2) is 5.52. The van der Waals surface area contributed by atoms with E-state index >= 15 is 0 Å². The Morgan fingerprint density at radius 3 is 2.44 bits per heavy atom. The predicted molar refractivity (Wildman–Crippen MR) is 53.9 cm³/mol. The van der Waals surface area contributed by atoms with Gasteiger partial charge in [-0.1, -0.05) is 13.3 Å². The Balaban J connectivity index is 2.51. The zero-order valence-corrected chi connectivity index (χ0v) is 9.31. The summed E-state index contributed by atoms with van der Waals surface area (Å²) >= 11 is 0. The topological polar surface area (TPSA) is 32.3 Å². The predicted octanol–water partition coefficient (Wildman–Crippen LogP) is 1.40. The van der Waals surface area contributed by atoms with Gasteiger partial charge in [0.2, 0.25) is 5.91 Å². The van der Waals surface area contributed by atoms with Crippen LogP contribution in [0.2, 0.25) is 0 Å². The average Bonchev–Trinajstić information content (AvgIpc) is 2.07. The lowest BCUT2D eigenvalue weighted by atomic mass is 10.0. The van der Waals surface area contributed by atoms with E-state index in [1.165, 1.54) is 0 Å². The lowest BCUT2D eigenvalue weighted by Gasteiger charge is -2.32. The van der Waals surface area contributed by atoms with Crippen molar-refractivity contribution in [3.8, 4) is 0 Å². The summed E-state index contributed by atoms with van der Waals surface area (Å²) in [6.45, 7) is 1.97. The van der Waals surface area contributed by atoms with Crippen LogP contribution in [0.3, 0.4) is 0 Å². The molecule has 1 amide bonds. The summed E-state index contributed by atoms with van der Waals surface area (Å²) in [5, 5.41) is 2.89. The number of carbonyl (C=O) groups excluding carboxylic acids is 1. The maximum Gasteiger partial charge on any atom is 0.406 e. The number of hydrogen-bond donors (Lipinski definition) is 1. The number of carbonyl (C=O) groups is 1. The average molecular weight is 238 g/mol. The summed E-state index contributed by atoms with van der Waals surface area (Å²) in [4.78, 5) is 12.6. The van der Waals surface area contributed by atoms with Crippen LogP contribution in [0.15, 0.2) is 0 Å². The Kier molecular flexibility index (Phi) is 4.58. The zero-order chi connectivity index (χ0) is 12.2. The van der Waals surface area contributed by atoms with E-state index in [0.29, 0.717) is 19.5 Å². The minimum atomic E-state index is -4.30. The van der Waals surface area contributed by atoms with E-state index in [2.05, 4.69) is 5.32 Å². The Morgan fingerprint density at radius 2 is 2.06 bits per heavy atom. The molecule has 0 atom stereocenters. The molecule has 6 heteroatoms. The van der Waals surface area contributed by atoms with Gasteiger partial charge in [0, 0.05) is 19.6 Å². The smallest absolute Gasteiger partial charge is 0.333 e. The highest BCUT2D eigenvalue weighted by molar-refractivity contribution is 5.80. The first kappa shape index (κ1) is 13.3. The molecule has 1 heterocycles. The number of rotatable bonds is 5. The van der Waals surface area contributed by atoms with Crippen molar-refractivity contribution in [2.45, 2.75) is 25.9 Å². The number of hydrogen-bond acceptors (Lipinski definition) is 2. The van der Waals surface area contributed by atoms with Crippen molar-refractivity contribution in [3.63, 3.8) is 0 Å². The molecule has 0 aromatic carbocycles. The van der Waals surface area contributed by atoms with Crippen LogP contribution in [0, 0.1) is 5.92 Å². The van der Waals surface area contributed by atoms with E-state index in [4.69, 9.17) is 0 Å². The number of alkyl halides is 3. The summed E-state index contributed by atoms with van der Waals surface area (Å²) in [7, 11) is 0. The normalized spacial score (nSPS) is 17.0. The lowest BCUT2D eigenvalue weighted by molar-refractivity contribution is -0.164. The summed E-state index contributed by atoms with van der Waals surface area (Å²) < 4.78 is 36.8. The van der Waals surface area contributed by atoms with Crippen molar-refractivity contribution in [1.82, 2.24) is 10.2 Å². The van der Waals surface area contributed by atoms with E-state index in [0.717, 1.165) is 11.3 Å². The third-order valence-electron chi connectivity index (χ3n) is 2.59. The fourth-order valence-corrected chi connectivity index (χ4v) is 1.55. The van der Waals surface area contributed by atoms with Gasteiger partial charge in [-0.2, -0.15) is 13.2 Å². The van der Waals surface area contributed by atoms with Gasteiger partial charge in [-0.25, -0.2) is 0 Å². The molecular formula is C10H17F3N2O. The first-order chi connectivity index (χ1) is 7.44. The SMILES string of the molecule is CCCCN(CC(F)(F)F)C(=O)C1CNC1. The second-order valence-corrected chi connectivity index (χ2v) is 4.08. The number of unbranched alkanes of at least 4 members (excludes halogenated alkanes) is 1. The van der Waals surface area contributed by atoms with Gasteiger partial charge in [-0.05, 0) is 6.42 Å². The minimum Gasteiger partial charge on any atom is -0.333 e. The van der Waals surface area contributed by atoms with E-state index < -0.39 is 12.7 Å². The molecule has 16 heavy (non-hydrogen) atoms. The van der Waals surface area contributed by atoms with Crippen molar-refractivity contribution >= 4 is 5.91 Å². The Hall–Kier alpha value is -0.780. The summed E-state index contributed by atoms with van der Waals surface area (Å²) in [5.74, 6) is -0.635. The minimum absolute atomic E-state index is 0.200. The van der Waals surface area contributed by atoms with Gasteiger partial charge in [0.05, 0.1) is 5.92 Å². The van der Waals surface area contributed by atoms with Gasteiger partial charge in [0.15, 0.2) is 0 Å². The molecule has 1 rings (SSSR count). The van der Waals surface area contributed by atoms with Crippen LogP contribution in [-0.4, -0.2) is 43.2 Å². The van der Waals surface area contributed by atoms with Gasteiger partial charge in [0.1, 0.15) is 6.54 Å². The Labute approximate surface area is 93.0 Å². The molecule has 1 N–H and O–H groups in total. The number of nitrogens with zero attached hydrogens (tertiary/aromatic N) is 1. The van der Waals surface area contributed by atoms with Crippen LogP contribution in [0.4, 0.5) is 13.2 Å². The third kappa shape index (κ3) is 4.00. The first-order valence-electron chi connectivity index (χ1n) is 5.50. The standard InChI is InChI=1S/C10H17F3N2O/c1-2-3-4-15(7-10(11,12)13)9(16)8-5-14-6-8/h8,14H,2-7H2,1H3. The quantitative estimate of drug-likeness (QED) is 0.785. The van der Waals surface area contributed by atoms with Gasteiger partial charge in [0.25, 0.3) is 0 Å². The number of halogens is 3. The highest BCUT2D eigenvalue weighted by atomic mass is 19.4. The van der Waals surface area contributed by atoms with Gasteiger partial charge in [-0.15, -0.1) is 0 Å². The molecule has 0 aromatic heterocycles. The van der Waals surface area contributed by atoms with Crippen molar-refractivity contribution in [2.24, 2.45) is 5.92 Å². The lowest BCUT2D eigenvalue weighted by Crippen LogP contribution is -2.53. The van der Waals surface area contributed by atoms with E-state index in [9.17, 15) is 18.0 Å².